The standard InChI is InChI=1S/C12H19N3O2/c1-8(2)11-10(12(16)17-3)13-14-15(11)7-9-5-4-6-9/h8-9H,4-7H2,1-3H3. The molecule has 0 aromatic carbocycles. The summed E-state index contributed by atoms with van der Waals surface area (Å²) in [7, 11) is 1.37. The molecule has 0 unspecified atom stereocenters. The second-order valence-electron chi connectivity index (χ2n) is 4.95. The number of rotatable bonds is 4. The van der Waals surface area contributed by atoms with E-state index in [-0.39, 0.29) is 5.92 Å². The van der Waals surface area contributed by atoms with Crippen LogP contribution < -0.4 is 0 Å². The molecule has 1 aliphatic carbocycles. The largest absolute Gasteiger partial charge is 0.464 e. The first-order chi connectivity index (χ1) is 8.13. The summed E-state index contributed by atoms with van der Waals surface area (Å²) in [5.41, 5.74) is 1.26. The highest BCUT2D eigenvalue weighted by molar-refractivity contribution is 5.88. The van der Waals surface area contributed by atoms with Crippen molar-refractivity contribution in [3.63, 3.8) is 0 Å². The molecule has 1 aromatic rings. The van der Waals surface area contributed by atoms with E-state index in [1.165, 1.54) is 26.4 Å². The molecule has 1 aromatic heterocycles. The summed E-state index contributed by atoms with van der Waals surface area (Å²) in [5, 5.41) is 8.05. The van der Waals surface area contributed by atoms with Gasteiger partial charge < -0.3 is 4.74 Å². The van der Waals surface area contributed by atoms with Crippen LogP contribution in [0.2, 0.25) is 0 Å². The fraction of sp³-hybridized carbons (Fsp3) is 0.750. The summed E-state index contributed by atoms with van der Waals surface area (Å²) in [6.45, 7) is 4.96. The van der Waals surface area contributed by atoms with Crippen LogP contribution in [0.15, 0.2) is 0 Å². The maximum atomic E-state index is 11.6. The van der Waals surface area contributed by atoms with E-state index in [9.17, 15) is 4.79 Å². The number of hydrogen-bond acceptors (Lipinski definition) is 4. The van der Waals surface area contributed by atoms with Gasteiger partial charge in [0.15, 0.2) is 5.69 Å². The molecular formula is C12H19N3O2. The Morgan fingerprint density at radius 2 is 2.24 bits per heavy atom. The van der Waals surface area contributed by atoms with Crippen LogP contribution in [0.25, 0.3) is 0 Å². The Morgan fingerprint density at radius 1 is 1.53 bits per heavy atom. The summed E-state index contributed by atoms with van der Waals surface area (Å²) in [5.74, 6) is 0.521. The summed E-state index contributed by atoms with van der Waals surface area (Å²) in [4.78, 5) is 11.6. The van der Waals surface area contributed by atoms with Crippen molar-refractivity contribution in [1.29, 1.82) is 0 Å². The van der Waals surface area contributed by atoms with Gasteiger partial charge in [0, 0.05) is 6.54 Å². The fourth-order valence-corrected chi connectivity index (χ4v) is 2.19. The Labute approximate surface area is 101 Å². The lowest BCUT2D eigenvalue weighted by Gasteiger charge is -2.25. The number of hydrogen-bond donors (Lipinski definition) is 0. The molecule has 1 aliphatic rings. The first-order valence-corrected chi connectivity index (χ1v) is 6.15. The predicted octanol–water partition coefficient (Wildman–Crippen LogP) is 1.99. The SMILES string of the molecule is COC(=O)c1nnn(CC2CCC2)c1C(C)C. The van der Waals surface area contributed by atoms with E-state index in [1.807, 2.05) is 18.5 Å². The molecule has 0 radical (unpaired) electrons. The molecule has 0 spiro atoms. The second-order valence-corrected chi connectivity index (χ2v) is 4.95. The number of ether oxygens (including phenoxy) is 1. The van der Waals surface area contributed by atoms with Gasteiger partial charge in [-0.3, -0.25) is 0 Å². The van der Waals surface area contributed by atoms with Crippen LogP contribution >= 0.6 is 0 Å². The maximum absolute atomic E-state index is 11.6. The van der Waals surface area contributed by atoms with Crippen molar-refractivity contribution in [2.24, 2.45) is 5.92 Å². The van der Waals surface area contributed by atoms with Gasteiger partial charge in [-0.15, -0.1) is 5.10 Å². The topological polar surface area (TPSA) is 57.0 Å². The van der Waals surface area contributed by atoms with Crippen molar-refractivity contribution in [2.75, 3.05) is 7.11 Å². The molecule has 0 aliphatic heterocycles. The molecule has 0 bridgehead atoms. The van der Waals surface area contributed by atoms with Gasteiger partial charge in [-0.25, -0.2) is 9.48 Å². The monoisotopic (exact) mass is 237 g/mol. The zero-order valence-electron chi connectivity index (χ0n) is 10.6. The first-order valence-electron chi connectivity index (χ1n) is 6.15. The van der Waals surface area contributed by atoms with Crippen molar-refractivity contribution < 1.29 is 9.53 Å². The van der Waals surface area contributed by atoms with E-state index in [2.05, 4.69) is 10.3 Å². The number of nitrogens with zero attached hydrogens (tertiary/aromatic N) is 3. The van der Waals surface area contributed by atoms with E-state index in [0.29, 0.717) is 11.6 Å². The minimum Gasteiger partial charge on any atom is -0.464 e. The van der Waals surface area contributed by atoms with Gasteiger partial charge in [0.2, 0.25) is 0 Å². The van der Waals surface area contributed by atoms with Crippen molar-refractivity contribution >= 4 is 5.97 Å². The lowest BCUT2D eigenvalue weighted by atomic mass is 9.85. The van der Waals surface area contributed by atoms with Crippen LogP contribution in [0, 0.1) is 5.92 Å². The third-order valence-corrected chi connectivity index (χ3v) is 3.35. The summed E-state index contributed by atoms with van der Waals surface area (Å²) in [6.07, 6.45) is 3.82. The molecule has 0 atom stereocenters. The quantitative estimate of drug-likeness (QED) is 0.751. The van der Waals surface area contributed by atoms with Crippen LogP contribution in [-0.2, 0) is 11.3 Å². The molecule has 0 amide bonds. The zero-order valence-corrected chi connectivity index (χ0v) is 10.6. The van der Waals surface area contributed by atoms with Gasteiger partial charge in [0.25, 0.3) is 0 Å². The van der Waals surface area contributed by atoms with Crippen molar-refractivity contribution in [3.8, 4) is 0 Å². The van der Waals surface area contributed by atoms with Crippen LogP contribution in [-0.4, -0.2) is 28.1 Å². The number of carbonyl (C=O) groups is 1. The highest BCUT2D eigenvalue weighted by Gasteiger charge is 2.25. The molecule has 0 saturated heterocycles. The zero-order chi connectivity index (χ0) is 12.4. The van der Waals surface area contributed by atoms with Crippen LogP contribution in [0.1, 0.15) is 55.2 Å². The molecule has 1 heterocycles. The Hall–Kier alpha value is -1.39. The lowest BCUT2D eigenvalue weighted by Crippen LogP contribution is -2.21. The Bertz CT molecular complexity index is 408. The van der Waals surface area contributed by atoms with Crippen molar-refractivity contribution in [1.82, 2.24) is 15.0 Å². The maximum Gasteiger partial charge on any atom is 0.360 e. The Morgan fingerprint density at radius 3 is 2.71 bits per heavy atom. The summed E-state index contributed by atoms with van der Waals surface area (Å²) in [6, 6.07) is 0. The molecule has 0 N–H and O–H groups in total. The van der Waals surface area contributed by atoms with Crippen molar-refractivity contribution in [3.05, 3.63) is 11.4 Å². The minimum absolute atomic E-state index is 0.221. The second kappa shape index (κ2) is 4.85. The molecule has 17 heavy (non-hydrogen) atoms. The number of carbonyl (C=O) groups excluding carboxylic acids is 1. The molecular weight excluding hydrogens is 218 g/mol. The number of aromatic nitrogens is 3. The van der Waals surface area contributed by atoms with Crippen LogP contribution in [0.4, 0.5) is 0 Å². The molecule has 1 saturated carbocycles. The van der Waals surface area contributed by atoms with Gasteiger partial charge in [-0.05, 0) is 24.7 Å². The third kappa shape index (κ3) is 2.33. The van der Waals surface area contributed by atoms with Gasteiger partial charge in [0.1, 0.15) is 0 Å². The highest BCUT2D eigenvalue weighted by Crippen LogP contribution is 2.29. The Balaban J connectivity index is 2.25. The highest BCUT2D eigenvalue weighted by atomic mass is 16.5. The average molecular weight is 237 g/mol. The lowest BCUT2D eigenvalue weighted by molar-refractivity contribution is 0.0592. The smallest absolute Gasteiger partial charge is 0.360 e. The van der Waals surface area contributed by atoms with Crippen LogP contribution in [0.3, 0.4) is 0 Å². The number of esters is 1. The summed E-state index contributed by atoms with van der Waals surface area (Å²) >= 11 is 0. The average Bonchev–Trinajstić information content (AvgIpc) is 2.66. The minimum atomic E-state index is -0.395. The molecule has 1 fully saturated rings. The van der Waals surface area contributed by atoms with Gasteiger partial charge in [0.05, 0.1) is 12.8 Å². The van der Waals surface area contributed by atoms with Gasteiger partial charge in [-0.1, -0.05) is 25.5 Å². The van der Waals surface area contributed by atoms with E-state index in [1.54, 1.807) is 0 Å². The van der Waals surface area contributed by atoms with E-state index >= 15 is 0 Å². The van der Waals surface area contributed by atoms with E-state index < -0.39 is 5.97 Å². The molecule has 94 valence electrons. The van der Waals surface area contributed by atoms with E-state index in [4.69, 9.17) is 4.74 Å². The Kier molecular flexibility index (Phi) is 3.45. The van der Waals surface area contributed by atoms with Gasteiger partial charge >= 0.3 is 5.97 Å². The van der Waals surface area contributed by atoms with Crippen molar-refractivity contribution in [2.45, 2.75) is 45.6 Å². The molecule has 5 heteroatoms. The summed E-state index contributed by atoms with van der Waals surface area (Å²) < 4.78 is 6.61. The number of methoxy groups -OCH3 is 1. The van der Waals surface area contributed by atoms with Crippen LogP contribution in [0.5, 0.6) is 0 Å². The van der Waals surface area contributed by atoms with E-state index in [0.717, 1.165) is 12.2 Å². The third-order valence-electron chi connectivity index (χ3n) is 3.35. The molecule has 2 rings (SSSR count). The first kappa shape index (κ1) is 12.1. The fourth-order valence-electron chi connectivity index (χ4n) is 2.19. The molecule has 5 nitrogen and oxygen atoms in total. The van der Waals surface area contributed by atoms with Gasteiger partial charge in [-0.2, -0.15) is 0 Å². The predicted molar refractivity (Wildman–Crippen MR) is 62.8 cm³/mol. The normalized spacial score (nSPS) is 16.0.